The first kappa shape index (κ1) is 21.5. The molecule has 0 saturated carbocycles. The number of fused-ring (bicyclic) bond motifs is 1. The molecule has 1 aromatic carbocycles. The Morgan fingerprint density at radius 1 is 1.24 bits per heavy atom. The van der Waals surface area contributed by atoms with Gasteiger partial charge in [0.05, 0.1) is 30.5 Å². The number of benzene rings is 1. The lowest BCUT2D eigenvalue weighted by atomic mass is 10.3. The molecule has 0 aliphatic carbocycles. The number of methoxy groups -OCH3 is 1. The predicted octanol–water partition coefficient (Wildman–Crippen LogP) is 0.432. The van der Waals surface area contributed by atoms with Gasteiger partial charge in [-0.25, -0.2) is 8.42 Å². The van der Waals surface area contributed by atoms with Crippen LogP contribution in [-0.2, 0) is 30.7 Å². The standard InChI is InChI=1S/C18H23N3O6S2/c1-3-21-14-5-4-13(26-2)10-15(14)28-18(21)19-16(22)11-29(24,25)12-17(23)20-6-8-27-9-7-20/h4-5,10H,3,6-9,11-12H2,1-2H3. The fraction of sp³-hybridized carbons (Fsp3) is 0.500. The third-order valence-electron chi connectivity index (χ3n) is 4.48. The van der Waals surface area contributed by atoms with Crippen LogP contribution in [0.2, 0.25) is 0 Å². The molecule has 3 rings (SSSR count). The second-order valence-electron chi connectivity index (χ2n) is 6.49. The first-order chi connectivity index (χ1) is 13.8. The number of aryl methyl sites for hydroxylation is 1. The van der Waals surface area contributed by atoms with Crippen LogP contribution in [0, 0.1) is 0 Å². The summed E-state index contributed by atoms with van der Waals surface area (Å²) in [4.78, 5) is 30.4. The second kappa shape index (κ2) is 9.06. The van der Waals surface area contributed by atoms with Crippen LogP contribution in [0.1, 0.15) is 6.92 Å². The minimum atomic E-state index is -3.91. The Hall–Kier alpha value is -2.24. The fourth-order valence-corrected chi connectivity index (χ4v) is 5.28. The summed E-state index contributed by atoms with van der Waals surface area (Å²) in [5.74, 6) is -2.13. The van der Waals surface area contributed by atoms with Crippen molar-refractivity contribution in [1.82, 2.24) is 9.47 Å². The smallest absolute Gasteiger partial charge is 0.263 e. The summed E-state index contributed by atoms with van der Waals surface area (Å²) >= 11 is 1.28. The van der Waals surface area contributed by atoms with Crippen LogP contribution in [0.4, 0.5) is 0 Å². The SMILES string of the molecule is CCn1c(=NC(=O)CS(=O)(=O)CC(=O)N2CCOCC2)sc2cc(OC)ccc21. The van der Waals surface area contributed by atoms with Crippen molar-refractivity contribution in [1.29, 1.82) is 0 Å². The Bertz CT molecular complexity index is 1080. The van der Waals surface area contributed by atoms with E-state index in [0.29, 0.717) is 43.4 Å². The third kappa shape index (κ3) is 5.22. The van der Waals surface area contributed by atoms with E-state index < -0.39 is 33.2 Å². The zero-order chi connectivity index (χ0) is 21.0. The monoisotopic (exact) mass is 441 g/mol. The lowest BCUT2D eigenvalue weighted by molar-refractivity contribution is -0.132. The quantitative estimate of drug-likeness (QED) is 0.644. The minimum absolute atomic E-state index is 0.356. The number of sulfone groups is 1. The fourth-order valence-electron chi connectivity index (χ4n) is 3.04. The van der Waals surface area contributed by atoms with Gasteiger partial charge in [0.2, 0.25) is 5.91 Å². The Morgan fingerprint density at radius 3 is 2.62 bits per heavy atom. The van der Waals surface area contributed by atoms with E-state index in [2.05, 4.69) is 4.99 Å². The highest BCUT2D eigenvalue weighted by Crippen LogP contribution is 2.23. The Kier molecular flexibility index (Phi) is 6.70. The summed E-state index contributed by atoms with van der Waals surface area (Å²) in [5.41, 5.74) is 0.884. The topological polar surface area (TPSA) is 107 Å². The van der Waals surface area contributed by atoms with Crippen LogP contribution in [-0.4, -0.2) is 74.6 Å². The molecular weight excluding hydrogens is 418 g/mol. The Morgan fingerprint density at radius 2 is 1.97 bits per heavy atom. The van der Waals surface area contributed by atoms with Gasteiger partial charge < -0.3 is 18.9 Å². The highest BCUT2D eigenvalue weighted by molar-refractivity contribution is 7.92. The molecule has 2 heterocycles. The normalized spacial score (nSPS) is 15.7. The van der Waals surface area contributed by atoms with Gasteiger partial charge >= 0.3 is 0 Å². The van der Waals surface area contributed by atoms with Crippen molar-refractivity contribution in [3.05, 3.63) is 23.0 Å². The number of carbonyl (C=O) groups is 2. The lowest BCUT2D eigenvalue weighted by Crippen LogP contribution is -2.43. The summed E-state index contributed by atoms with van der Waals surface area (Å²) in [7, 11) is -2.34. The molecule has 1 saturated heterocycles. The van der Waals surface area contributed by atoms with E-state index in [1.165, 1.54) is 16.2 Å². The molecule has 2 aromatic rings. The van der Waals surface area contributed by atoms with Crippen molar-refractivity contribution < 1.29 is 27.5 Å². The molecule has 0 atom stereocenters. The van der Waals surface area contributed by atoms with E-state index in [4.69, 9.17) is 9.47 Å². The molecule has 11 heteroatoms. The Balaban J connectivity index is 1.78. The molecule has 1 aromatic heterocycles. The van der Waals surface area contributed by atoms with E-state index in [-0.39, 0.29) is 0 Å². The molecule has 0 N–H and O–H groups in total. The minimum Gasteiger partial charge on any atom is -0.497 e. The number of hydrogen-bond donors (Lipinski definition) is 0. The van der Waals surface area contributed by atoms with Crippen LogP contribution >= 0.6 is 11.3 Å². The van der Waals surface area contributed by atoms with Gasteiger partial charge in [0.25, 0.3) is 5.91 Å². The Labute approximate surface area is 172 Å². The number of ether oxygens (including phenoxy) is 2. The lowest BCUT2D eigenvalue weighted by Gasteiger charge is -2.26. The van der Waals surface area contributed by atoms with Crippen LogP contribution in [0.25, 0.3) is 10.2 Å². The van der Waals surface area contributed by atoms with E-state index in [1.54, 1.807) is 7.11 Å². The maximum absolute atomic E-state index is 12.3. The van der Waals surface area contributed by atoms with Gasteiger partial charge in [-0.05, 0) is 25.1 Å². The van der Waals surface area contributed by atoms with Crippen LogP contribution < -0.4 is 9.54 Å². The third-order valence-corrected chi connectivity index (χ3v) is 6.89. The summed E-state index contributed by atoms with van der Waals surface area (Å²) in [6, 6.07) is 5.53. The van der Waals surface area contributed by atoms with Crippen molar-refractivity contribution in [3.63, 3.8) is 0 Å². The van der Waals surface area contributed by atoms with E-state index in [1.807, 2.05) is 29.7 Å². The van der Waals surface area contributed by atoms with E-state index in [9.17, 15) is 18.0 Å². The average molecular weight is 442 g/mol. The molecule has 0 radical (unpaired) electrons. The summed E-state index contributed by atoms with van der Waals surface area (Å²) < 4.78 is 37.7. The maximum atomic E-state index is 12.3. The van der Waals surface area contributed by atoms with Crippen LogP contribution in [0.5, 0.6) is 5.75 Å². The summed E-state index contributed by atoms with van der Waals surface area (Å²) in [6.07, 6.45) is 0. The molecule has 0 spiro atoms. The number of rotatable bonds is 6. The molecule has 29 heavy (non-hydrogen) atoms. The number of nitrogens with zero attached hydrogens (tertiary/aromatic N) is 3. The van der Waals surface area contributed by atoms with Gasteiger partial charge in [0, 0.05) is 19.6 Å². The molecule has 2 amide bonds. The zero-order valence-corrected chi connectivity index (χ0v) is 17.9. The van der Waals surface area contributed by atoms with Gasteiger partial charge in [0.1, 0.15) is 17.3 Å². The zero-order valence-electron chi connectivity index (χ0n) is 16.3. The number of carbonyl (C=O) groups excluding carboxylic acids is 2. The van der Waals surface area contributed by atoms with E-state index in [0.717, 1.165) is 10.2 Å². The van der Waals surface area contributed by atoms with E-state index >= 15 is 0 Å². The van der Waals surface area contributed by atoms with Crippen molar-refractivity contribution in [2.24, 2.45) is 4.99 Å². The first-order valence-corrected chi connectivity index (χ1v) is 11.8. The van der Waals surface area contributed by atoms with Crippen molar-refractivity contribution in [2.45, 2.75) is 13.5 Å². The molecular formula is C18H23N3O6S2. The van der Waals surface area contributed by atoms with Gasteiger partial charge in [-0.3, -0.25) is 9.59 Å². The maximum Gasteiger partial charge on any atom is 0.263 e. The van der Waals surface area contributed by atoms with Gasteiger partial charge in [0.15, 0.2) is 14.6 Å². The molecule has 1 fully saturated rings. The predicted molar refractivity (Wildman–Crippen MR) is 109 cm³/mol. The number of thiazole rings is 1. The van der Waals surface area contributed by atoms with Crippen LogP contribution in [0.3, 0.4) is 0 Å². The average Bonchev–Trinajstić information content (AvgIpc) is 3.03. The van der Waals surface area contributed by atoms with Crippen LogP contribution in [0.15, 0.2) is 23.2 Å². The summed E-state index contributed by atoms with van der Waals surface area (Å²) in [6.45, 7) is 3.96. The molecule has 9 nitrogen and oxygen atoms in total. The van der Waals surface area contributed by atoms with Crippen molar-refractivity contribution >= 4 is 43.2 Å². The largest absolute Gasteiger partial charge is 0.497 e. The number of morpholine rings is 1. The highest BCUT2D eigenvalue weighted by Gasteiger charge is 2.25. The summed E-state index contributed by atoms with van der Waals surface area (Å²) in [5, 5.41) is 0. The van der Waals surface area contributed by atoms with Gasteiger partial charge in [-0.1, -0.05) is 11.3 Å². The number of hydrogen-bond acceptors (Lipinski definition) is 7. The highest BCUT2D eigenvalue weighted by atomic mass is 32.2. The number of amides is 2. The van der Waals surface area contributed by atoms with Gasteiger partial charge in [-0.2, -0.15) is 4.99 Å². The second-order valence-corrected chi connectivity index (χ2v) is 9.57. The molecule has 0 unspecified atom stereocenters. The van der Waals surface area contributed by atoms with Gasteiger partial charge in [-0.15, -0.1) is 0 Å². The molecule has 0 bridgehead atoms. The molecule has 1 aliphatic heterocycles. The first-order valence-electron chi connectivity index (χ1n) is 9.14. The molecule has 1 aliphatic rings. The molecule has 158 valence electrons. The van der Waals surface area contributed by atoms with Crippen molar-refractivity contribution in [3.8, 4) is 5.75 Å². The van der Waals surface area contributed by atoms with Crippen molar-refractivity contribution in [2.75, 3.05) is 44.9 Å². The number of aromatic nitrogens is 1.